The third kappa shape index (κ3) is 1.36. The van der Waals surface area contributed by atoms with Gasteiger partial charge in [-0.3, -0.25) is 0 Å². The monoisotopic (exact) mass is 302 g/mol. The molecule has 2 N–H and O–H groups in total. The number of fused-ring (bicyclic) bond motifs is 4. The summed E-state index contributed by atoms with van der Waals surface area (Å²) in [6.07, 6.45) is -2.07. The molecule has 0 saturated carbocycles. The quantitative estimate of drug-likeness (QED) is 0.386. The zero-order valence-corrected chi connectivity index (χ0v) is 12.2. The summed E-state index contributed by atoms with van der Waals surface area (Å²) in [5, 5.41) is 27.9. The fourth-order valence-corrected chi connectivity index (χ4v) is 4.40. The van der Waals surface area contributed by atoms with Crippen LogP contribution < -0.4 is 0 Å². The molecule has 3 heteroatoms. The lowest BCUT2D eigenvalue weighted by atomic mass is 9.81. The van der Waals surface area contributed by atoms with Gasteiger partial charge in [-0.25, -0.2) is 0 Å². The van der Waals surface area contributed by atoms with Crippen molar-refractivity contribution in [2.24, 2.45) is 0 Å². The van der Waals surface area contributed by atoms with Gasteiger partial charge in [0.2, 0.25) is 0 Å². The first-order valence-corrected chi connectivity index (χ1v) is 7.96. The summed E-state index contributed by atoms with van der Waals surface area (Å²) >= 11 is 0. The molecule has 2 aliphatic rings. The van der Waals surface area contributed by atoms with Crippen molar-refractivity contribution in [3.63, 3.8) is 0 Å². The Balaban J connectivity index is 1.86. The number of ether oxygens (including phenoxy) is 1. The Labute approximate surface area is 132 Å². The predicted octanol–water partition coefficient (Wildman–Crippen LogP) is 3.43. The number of epoxide rings is 1. The lowest BCUT2D eigenvalue weighted by molar-refractivity contribution is 0.000843. The van der Waals surface area contributed by atoms with Gasteiger partial charge in [0, 0.05) is 0 Å². The summed E-state index contributed by atoms with van der Waals surface area (Å²) in [5.41, 5.74) is 1.86. The summed E-state index contributed by atoms with van der Waals surface area (Å²) in [5.74, 6) is 0. The molecule has 1 heterocycles. The third-order valence-corrected chi connectivity index (χ3v) is 5.51. The van der Waals surface area contributed by atoms with Crippen LogP contribution in [-0.4, -0.2) is 22.4 Å². The van der Waals surface area contributed by atoms with Crippen LogP contribution >= 0.6 is 0 Å². The van der Waals surface area contributed by atoms with Crippen LogP contribution in [0.2, 0.25) is 0 Å². The zero-order chi connectivity index (χ0) is 15.3. The molecule has 4 aromatic rings. The Bertz CT molecular complexity index is 1080. The van der Waals surface area contributed by atoms with Gasteiger partial charge >= 0.3 is 0 Å². The van der Waals surface area contributed by atoms with E-state index < -0.39 is 12.2 Å². The van der Waals surface area contributed by atoms with Crippen molar-refractivity contribution in [3.05, 3.63) is 59.7 Å². The van der Waals surface area contributed by atoms with Gasteiger partial charge in [0.25, 0.3) is 0 Å². The van der Waals surface area contributed by atoms with Crippen LogP contribution in [0.25, 0.3) is 32.3 Å². The summed E-state index contributed by atoms with van der Waals surface area (Å²) < 4.78 is 5.60. The van der Waals surface area contributed by atoms with Gasteiger partial charge in [0.15, 0.2) is 0 Å². The van der Waals surface area contributed by atoms with Gasteiger partial charge in [0.05, 0.1) is 0 Å². The van der Waals surface area contributed by atoms with E-state index >= 15 is 0 Å². The molecule has 0 bridgehead atoms. The van der Waals surface area contributed by atoms with Gasteiger partial charge < -0.3 is 14.9 Å². The van der Waals surface area contributed by atoms with E-state index in [9.17, 15) is 10.2 Å². The molecule has 1 aliphatic heterocycles. The van der Waals surface area contributed by atoms with Crippen LogP contribution in [0.3, 0.4) is 0 Å². The zero-order valence-electron chi connectivity index (χ0n) is 12.2. The first-order valence-electron chi connectivity index (χ1n) is 7.96. The van der Waals surface area contributed by atoms with Gasteiger partial charge in [-0.2, -0.15) is 0 Å². The number of hydrogen-bond donors (Lipinski definition) is 2. The van der Waals surface area contributed by atoms with Crippen LogP contribution in [0.5, 0.6) is 0 Å². The smallest absolute Gasteiger partial charge is 0.118 e. The number of benzene rings is 4. The van der Waals surface area contributed by atoms with E-state index in [1.165, 1.54) is 26.9 Å². The molecular weight excluding hydrogens is 288 g/mol. The summed E-state index contributed by atoms with van der Waals surface area (Å²) in [7, 11) is 0. The first-order chi connectivity index (χ1) is 11.2. The molecule has 112 valence electrons. The van der Waals surface area contributed by atoms with E-state index in [4.69, 9.17) is 4.74 Å². The molecule has 6 rings (SSSR count). The van der Waals surface area contributed by atoms with Crippen molar-refractivity contribution in [2.45, 2.75) is 24.4 Å². The maximum atomic E-state index is 10.6. The van der Waals surface area contributed by atoms with Crippen LogP contribution in [0.4, 0.5) is 0 Å². The Morgan fingerprint density at radius 2 is 1.57 bits per heavy atom. The van der Waals surface area contributed by atoms with Crippen molar-refractivity contribution in [1.82, 2.24) is 0 Å². The van der Waals surface area contributed by atoms with Crippen LogP contribution in [-0.2, 0) is 4.74 Å². The molecule has 2 unspecified atom stereocenters. The minimum Gasteiger partial charge on any atom is -0.387 e. The standard InChI is InChI=1S/C20H14O3/c21-17-16-12-7-6-10-3-1-2-9-4-5-11(15(12)14(9)10)8-13(16)19-20(23-19)18(17)22/h1-8,17-22H/t17-,18+,19?,20?/m1/s1. The van der Waals surface area contributed by atoms with E-state index in [-0.39, 0.29) is 12.2 Å². The number of aliphatic hydroxyl groups excluding tert-OH is 2. The highest BCUT2D eigenvalue weighted by atomic mass is 16.6. The van der Waals surface area contributed by atoms with Crippen LogP contribution in [0.15, 0.2) is 48.5 Å². The molecule has 0 radical (unpaired) electrons. The first kappa shape index (κ1) is 12.3. The maximum Gasteiger partial charge on any atom is 0.118 e. The minimum absolute atomic E-state index is 0.0784. The Hall–Kier alpha value is -2.20. The lowest BCUT2D eigenvalue weighted by Crippen LogP contribution is -2.29. The van der Waals surface area contributed by atoms with Crippen molar-refractivity contribution < 1.29 is 14.9 Å². The molecule has 4 aromatic carbocycles. The molecular formula is C20H14O3. The predicted molar refractivity (Wildman–Crippen MR) is 88.7 cm³/mol. The Morgan fingerprint density at radius 1 is 0.826 bits per heavy atom. The molecule has 0 aromatic heterocycles. The summed E-state index contributed by atoms with van der Waals surface area (Å²) in [6.45, 7) is 0. The third-order valence-electron chi connectivity index (χ3n) is 5.51. The molecule has 1 fully saturated rings. The topological polar surface area (TPSA) is 53.0 Å². The normalized spacial score (nSPS) is 29.1. The van der Waals surface area contributed by atoms with Crippen molar-refractivity contribution in [1.29, 1.82) is 0 Å². The second kappa shape index (κ2) is 3.82. The fraction of sp³-hybridized carbons (Fsp3) is 0.200. The van der Waals surface area contributed by atoms with E-state index in [1.807, 2.05) is 0 Å². The molecule has 0 spiro atoms. The van der Waals surface area contributed by atoms with E-state index in [1.54, 1.807) is 0 Å². The molecule has 1 saturated heterocycles. The Kier molecular flexibility index (Phi) is 2.03. The maximum absolute atomic E-state index is 10.6. The lowest BCUT2D eigenvalue weighted by Gasteiger charge is -2.26. The number of hydrogen-bond acceptors (Lipinski definition) is 3. The van der Waals surface area contributed by atoms with Gasteiger partial charge in [-0.1, -0.05) is 42.5 Å². The van der Waals surface area contributed by atoms with Crippen LogP contribution in [0, 0.1) is 0 Å². The van der Waals surface area contributed by atoms with Crippen molar-refractivity contribution in [2.75, 3.05) is 0 Å². The molecule has 1 aliphatic carbocycles. The molecule has 4 atom stereocenters. The average Bonchev–Trinajstić information content (AvgIpc) is 3.38. The van der Waals surface area contributed by atoms with Crippen molar-refractivity contribution >= 4 is 32.3 Å². The van der Waals surface area contributed by atoms with Gasteiger partial charge in [0.1, 0.15) is 24.4 Å². The average molecular weight is 302 g/mol. The minimum atomic E-state index is -0.890. The summed E-state index contributed by atoms with van der Waals surface area (Å²) in [6, 6.07) is 16.9. The summed E-state index contributed by atoms with van der Waals surface area (Å²) in [4.78, 5) is 0. The second-order valence-corrected chi connectivity index (χ2v) is 6.69. The second-order valence-electron chi connectivity index (χ2n) is 6.69. The highest BCUT2D eigenvalue weighted by Gasteiger charge is 2.54. The SMILES string of the molecule is O[C@@H]1c2c(cc3ccc4cccc5ccc2c3c45)C2OC2[C@H]1O. The number of aliphatic hydroxyl groups is 2. The van der Waals surface area contributed by atoms with Crippen molar-refractivity contribution in [3.8, 4) is 0 Å². The molecule has 3 nitrogen and oxygen atoms in total. The number of rotatable bonds is 0. The van der Waals surface area contributed by atoms with E-state index in [0.29, 0.717) is 0 Å². The van der Waals surface area contributed by atoms with E-state index in [2.05, 4.69) is 48.5 Å². The van der Waals surface area contributed by atoms with E-state index in [0.717, 1.165) is 16.5 Å². The largest absolute Gasteiger partial charge is 0.387 e. The Morgan fingerprint density at radius 3 is 2.39 bits per heavy atom. The molecule has 0 amide bonds. The van der Waals surface area contributed by atoms with Gasteiger partial charge in [-0.15, -0.1) is 0 Å². The van der Waals surface area contributed by atoms with Crippen LogP contribution in [0.1, 0.15) is 23.3 Å². The fourth-order valence-electron chi connectivity index (χ4n) is 4.40. The highest BCUT2D eigenvalue weighted by Crippen LogP contribution is 2.53. The molecule has 23 heavy (non-hydrogen) atoms. The van der Waals surface area contributed by atoms with Gasteiger partial charge in [-0.05, 0) is 49.5 Å². The highest BCUT2D eigenvalue weighted by molar-refractivity contribution is 6.23.